The molecule has 2 aromatic carbocycles. The van der Waals surface area contributed by atoms with Crippen molar-refractivity contribution >= 4 is 5.57 Å². The lowest BCUT2D eigenvalue weighted by atomic mass is 9.41. The van der Waals surface area contributed by atoms with E-state index in [2.05, 4.69) is 118 Å². The highest BCUT2D eigenvalue weighted by Crippen LogP contribution is 2.70. The second-order valence-electron chi connectivity index (χ2n) is 14.6. The summed E-state index contributed by atoms with van der Waals surface area (Å²) in [6.07, 6.45) is 4.28. The summed E-state index contributed by atoms with van der Waals surface area (Å²) in [7, 11) is 0. The van der Waals surface area contributed by atoms with Gasteiger partial charge in [-0.3, -0.25) is 0 Å². The van der Waals surface area contributed by atoms with E-state index in [4.69, 9.17) is 13.2 Å². The van der Waals surface area contributed by atoms with E-state index in [0.717, 1.165) is 42.4 Å². The molecule has 0 radical (unpaired) electrons. The summed E-state index contributed by atoms with van der Waals surface area (Å²) < 4.78 is 0. The van der Waals surface area contributed by atoms with Gasteiger partial charge >= 0.3 is 0 Å². The predicted octanol–water partition coefficient (Wildman–Crippen LogP) is 11.2. The van der Waals surface area contributed by atoms with Gasteiger partial charge in [0.05, 0.1) is 0 Å². The minimum Gasteiger partial charge on any atom is -0.0955 e. The summed E-state index contributed by atoms with van der Waals surface area (Å²) in [4.78, 5) is 0. The minimum absolute atomic E-state index is 0.0218. The van der Waals surface area contributed by atoms with Gasteiger partial charge in [0.2, 0.25) is 0 Å². The Morgan fingerprint density at radius 1 is 0.976 bits per heavy atom. The van der Waals surface area contributed by atoms with Crippen molar-refractivity contribution in [3.8, 4) is 11.8 Å². The third kappa shape index (κ3) is 4.27. The first-order valence-electron chi connectivity index (χ1n) is 15.8. The van der Waals surface area contributed by atoms with Gasteiger partial charge in [-0.05, 0) is 138 Å². The van der Waals surface area contributed by atoms with Crippen LogP contribution in [0.25, 0.3) is 5.57 Å². The highest BCUT2D eigenvalue weighted by atomic mass is 14.6. The third-order valence-corrected chi connectivity index (χ3v) is 11.4. The quantitative estimate of drug-likeness (QED) is 0.331. The molecular weight excluding hydrogens is 504 g/mol. The lowest BCUT2D eigenvalue weighted by molar-refractivity contribution is 0.0543. The lowest BCUT2D eigenvalue weighted by Crippen LogP contribution is -2.52. The molecule has 0 saturated carbocycles. The molecule has 0 unspecified atom stereocenters. The van der Waals surface area contributed by atoms with Crippen molar-refractivity contribution in [1.29, 1.82) is 0 Å². The van der Waals surface area contributed by atoms with Crippen LogP contribution in [0.15, 0.2) is 83.5 Å². The Balaban J connectivity index is 1.72. The third-order valence-electron chi connectivity index (χ3n) is 11.4. The largest absolute Gasteiger partial charge is 0.0955 e. The maximum Gasteiger partial charge on any atom is 0.0287 e. The molecule has 0 nitrogen and oxygen atoms in total. The van der Waals surface area contributed by atoms with Crippen LogP contribution in [0, 0.1) is 35.0 Å². The van der Waals surface area contributed by atoms with Crippen LogP contribution in [0.1, 0.15) is 120 Å². The maximum absolute atomic E-state index is 4.90. The maximum atomic E-state index is 4.90. The molecule has 0 saturated heterocycles. The van der Waals surface area contributed by atoms with E-state index in [1.807, 2.05) is 0 Å². The second-order valence-corrected chi connectivity index (χ2v) is 14.6. The summed E-state index contributed by atoms with van der Waals surface area (Å²) in [5, 5.41) is 0. The molecular formula is C42H50. The van der Waals surface area contributed by atoms with Gasteiger partial charge in [-0.1, -0.05) is 102 Å². The van der Waals surface area contributed by atoms with E-state index in [1.54, 1.807) is 0 Å². The predicted molar refractivity (Wildman–Crippen MR) is 183 cm³/mol. The number of hydrogen-bond acceptors (Lipinski definition) is 0. The Morgan fingerprint density at radius 2 is 1.62 bits per heavy atom. The Labute approximate surface area is 256 Å². The second kappa shape index (κ2) is 10.2. The molecule has 3 aliphatic carbocycles. The SMILES string of the molecule is C=C(C)C1=C(C)C[C@@]2(C)C[C@@]3(C)Cc4c(C(C)C)cc(C#Cc5ccc(CC)cc5)c(C)c4C(=C)C3=C(C)[C@@]2(C)C1=C. The van der Waals surface area contributed by atoms with Crippen molar-refractivity contribution in [1.82, 2.24) is 0 Å². The molecule has 0 amide bonds. The van der Waals surface area contributed by atoms with E-state index in [9.17, 15) is 0 Å². The molecule has 0 N–H and O–H groups in total. The van der Waals surface area contributed by atoms with Crippen LogP contribution in [0.2, 0.25) is 0 Å². The Hall–Kier alpha value is -3.30. The van der Waals surface area contributed by atoms with Crippen LogP contribution in [-0.2, 0) is 12.8 Å². The molecule has 0 bridgehead atoms. The number of allylic oxidation sites excluding steroid dienone is 7. The van der Waals surface area contributed by atoms with E-state index >= 15 is 0 Å². The highest BCUT2D eigenvalue weighted by Gasteiger charge is 2.59. The number of rotatable bonds is 3. The first kappa shape index (κ1) is 30.2. The van der Waals surface area contributed by atoms with Gasteiger partial charge in [0.1, 0.15) is 0 Å². The summed E-state index contributed by atoms with van der Waals surface area (Å²) in [5.74, 6) is 7.46. The molecule has 0 aromatic heterocycles. The Morgan fingerprint density at radius 3 is 2.19 bits per heavy atom. The van der Waals surface area contributed by atoms with E-state index in [1.165, 1.54) is 61.3 Å². The van der Waals surface area contributed by atoms with Crippen molar-refractivity contribution in [2.24, 2.45) is 16.2 Å². The van der Waals surface area contributed by atoms with Gasteiger partial charge in [0, 0.05) is 16.5 Å². The first-order valence-corrected chi connectivity index (χ1v) is 15.8. The van der Waals surface area contributed by atoms with Crippen molar-refractivity contribution in [2.75, 3.05) is 0 Å². The molecule has 0 heteroatoms. The summed E-state index contributed by atoms with van der Waals surface area (Å²) in [6, 6.07) is 11.1. The normalized spacial score (nSPS) is 26.9. The van der Waals surface area contributed by atoms with Crippen LogP contribution >= 0.6 is 0 Å². The zero-order chi connectivity index (χ0) is 30.9. The zero-order valence-corrected chi connectivity index (χ0v) is 27.9. The van der Waals surface area contributed by atoms with Gasteiger partial charge in [-0.25, -0.2) is 0 Å². The van der Waals surface area contributed by atoms with Gasteiger partial charge in [-0.2, -0.15) is 0 Å². The average Bonchev–Trinajstić information content (AvgIpc) is 2.90. The van der Waals surface area contributed by atoms with Crippen LogP contribution < -0.4 is 0 Å². The minimum atomic E-state index is -0.146. The number of fused-ring (bicyclic) bond motifs is 3. The molecule has 3 atom stereocenters. The molecule has 42 heavy (non-hydrogen) atoms. The highest BCUT2D eigenvalue weighted by molar-refractivity contribution is 5.88. The van der Waals surface area contributed by atoms with Crippen molar-refractivity contribution in [3.05, 3.63) is 122 Å². The molecule has 0 heterocycles. The van der Waals surface area contributed by atoms with E-state index in [0.29, 0.717) is 5.92 Å². The smallest absolute Gasteiger partial charge is 0.0287 e. The number of hydrogen-bond donors (Lipinski definition) is 0. The fourth-order valence-corrected chi connectivity index (χ4v) is 9.23. The molecule has 3 aliphatic rings. The van der Waals surface area contributed by atoms with Gasteiger partial charge < -0.3 is 0 Å². The standard InChI is InChI=1S/C42H50/c1-14-32-15-17-33(18-16-32)19-20-34-21-35(25(2)3)36-23-40(11)24-41(12)22-27(6)37(26(4)5)30(9)42(41,13)31(10)39(40)29(8)38(36)28(34)7/h15-18,21,25H,4,8-9,14,22-24H2,1-3,5-7,10-13H3/t40-,41+,42-/m1/s1. The summed E-state index contributed by atoms with van der Waals surface area (Å²) in [6.45, 7) is 37.4. The Bertz CT molecular complexity index is 1670. The average molecular weight is 555 g/mol. The fraction of sp³-hybridized carbons (Fsp3) is 0.429. The molecule has 5 rings (SSSR count). The molecule has 0 aliphatic heterocycles. The van der Waals surface area contributed by atoms with Crippen LogP contribution in [0.4, 0.5) is 0 Å². The van der Waals surface area contributed by atoms with E-state index < -0.39 is 0 Å². The van der Waals surface area contributed by atoms with Crippen molar-refractivity contribution < 1.29 is 0 Å². The van der Waals surface area contributed by atoms with Crippen LogP contribution in [0.3, 0.4) is 0 Å². The van der Waals surface area contributed by atoms with Gasteiger partial charge in [-0.15, -0.1) is 0 Å². The van der Waals surface area contributed by atoms with Crippen LogP contribution in [0.5, 0.6) is 0 Å². The molecule has 218 valence electrons. The van der Waals surface area contributed by atoms with E-state index in [-0.39, 0.29) is 16.2 Å². The van der Waals surface area contributed by atoms with Gasteiger partial charge in [0.15, 0.2) is 0 Å². The topological polar surface area (TPSA) is 0 Å². The molecule has 2 aromatic rings. The monoisotopic (exact) mass is 554 g/mol. The zero-order valence-electron chi connectivity index (χ0n) is 27.9. The molecule has 0 spiro atoms. The first-order chi connectivity index (χ1) is 19.6. The summed E-state index contributed by atoms with van der Waals surface area (Å²) in [5.41, 5.74) is 18.2. The summed E-state index contributed by atoms with van der Waals surface area (Å²) >= 11 is 0. The van der Waals surface area contributed by atoms with Crippen LogP contribution in [-0.4, -0.2) is 0 Å². The van der Waals surface area contributed by atoms with Crippen molar-refractivity contribution in [2.45, 2.75) is 101 Å². The van der Waals surface area contributed by atoms with Crippen molar-refractivity contribution in [3.63, 3.8) is 0 Å². The number of benzene rings is 2. The van der Waals surface area contributed by atoms with Gasteiger partial charge in [0.25, 0.3) is 0 Å². The Kier molecular flexibility index (Phi) is 7.30. The number of aryl methyl sites for hydroxylation is 1. The molecule has 0 fully saturated rings. The fourth-order valence-electron chi connectivity index (χ4n) is 9.23. The lowest BCUT2D eigenvalue weighted by Gasteiger charge is -2.62.